The average Bonchev–Trinajstić information content (AvgIpc) is 0.722. The molecule has 0 atom stereocenters. The van der Waals surface area contributed by atoms with Gasteiger partial charge in [-0.2, -0.15) is 7.82 Å². The fraction of sp³-hybridized carbons (Fsp3) is 0. The van der Waals surface area contributed by atoms with Crippen LogP contribution in [0.25, 0.3) is 0 Å². The first-order valence-corrected chi connectivity index (χ1v) is 2.19. The summed E-state index contributed by atoms with van der Waals surface area (Å²) in [6.07, 6.45) is 0. The molecule has 18 heteroatoms. The van der Waals surface area contributed by atoms with E-state index in [0.717, 1.165) is 0 Å². The molecule has 0 aliphatic heterocycles. The van der Waals surface area contributed by atoms with Gasteiger partial charge in [-0.1, -0.05) is 0 Å². The molecule has 0 bridgehead atoms. The first-order chi connectivity index (χ1) is 2.00. The van der Waals surface area contributed by atoms with Crippen LogP contribution in [-0.2, 0) is 4.57 Å². The maximum atomic E-state index is 8.55. The molecule has 14 nitrogen and oxygen atoms in total. The second-order valence-electron chi connectivity index (χ2n) is 0.447. The third-order valence-corrected chi connectivity index (χ3v) is 0. The maximum Gasteiger partial charge on any atom is 1.00 e. The average molecular weight is 392 g/mol. The molecule has 0 unspecified atom stereocenters. The Hall–Kier alpha value is 4.62. The fourth-order valence-electron chi connectivity index (χ4n) is 0. The molecule has 0 aliphatic rings. The van der Waals surface area contributed by atoms with Crippen molar-refractivity contribution >= 4 is 7.82 Å². The van der Waals surface area contributed by atoms with Crippen molar-refractivity contribution < 1.29 is 228 Å². The van der Waals surface area contributed by atoms with E-state index in [1.807, 2.05) is 0 Å². The molecule has 0 saturated heterocycles. The van der Waals surface area contributed by atoms with Crippen LogP contribution in [0.5, 0.6) is 0 Å². The summed E-state index contributed by atoms with van der Waals surface area (Å²) in [4.78, 5) is 25.6. The minimum absolute atomic E-state index is 0. The summed E-state index contributed by atoms with van der Waals surface area (Å²) in [6.45, 7) is 0. The van der Waals surface area contributed by atoms with E-state index in [4.69, 9.17) is 19.2 Å². The first kappa shape index (κ1) is 142. The van der Waals surface area contributed by atoms with Gasteiger partial charge in [-0.3, -0.25) is 0 Å². The Morgan fingerprint density at radius 2 is 0.444 bits per heavy atom. The van der Waals surface area contributed by atoms with Crippen molar-refractivity contribution in [2.45, 2.75) is 0 Å². The molecule has 0 rings (SSSR count). The van der Waals surface area contributed by atoms with E-state index < -0.39 is 7.82 Å². The molecule has 0 amide bonds. The number of hydrogen-bond donors (Lipinski definition) is 0. The molecule has 112 valence electrons. The third-order valence-electron chi connectivity index (χ3n) is 0. The molecule has 0 saturated carbocycles. The van der Waals surface area contributed by atoms with E-state index >= 15 is 0 Å². The zero-order valence-corrected chi connectivity index (χ0v) is 20.3. The van der Waals surface area contributed by atoms with Crippen molar-refractivity contribution in [2.75, 3.05) is 0 Å². The van der Waals surface area contributed by atoms with Gasteiger partial charge in [-0.15, -0.1) is 0 Å². The molecule has 0 aromatic heterocycles. The van der Waals surface area contributed by atoms with Gasteiger partial charge >= 0.3 is 154 Å². The summed E-state index contributed by atoms with van der Waals surface area (Å²) in [5, 5.41) is 0. The predicted octanol–water partition coefficient (Wildman–Crippen LogP) is -20.1. The molecule has 0 aliphatic carbocycles. The molecule has 0 aromatic carbocycles. The second kappa shape index (κ2) is 81.5. The van der Waals surface area contributed by atoms with E-state index in [1.165, 1.54) is 0 Å². The Balaban J connectivity index is -0.00000000103. The SMILES string of the molecule is O.O.O.O.O.O.O.O.O.O.O=P([O-])([O-])[O-].[K+].[K+].[K+]. The summed E-state index contributed by atoms with van der Waals surface area (Å²) in [6, 6.07) is 0. The fourth-order valence-corrected chi connectivity index (χ4v) is 0. The van der Waals surface area contributed by atoms with Crippen LogP contribution >= 0.6 is 7.82 Å². The Labute approximate surface area is 230 Å². The number of rotatable bonds is 0. The standard InChI is InChI=1S/3K.H3O4P.10H2O/c;;;1-5(2,3)4;;;;;;;;;;/h;;;(H3,1,2,3,4);10*1H2/q3*+1;;;;;;;;;;;/p-3. The van der Waals surface area contributed by atoms with E-state index in [2.05, 4.69) is 0 Å². The molecule has 20 N–H and O–H groups in total. The summed E-state index contributed by atoms with van der Waals surface area (Å²) < 4.78 is 8.55. The molecule has 0 heterocycles. The largest absolute Gasteiger partial charge is 1.00 e. The van der Waals surface area contributed by atoms with E-state index in [9.17, 15) is 0 Å². The van der Waals surface area contributed by atoms with Crippen molar-refractivity contribution in [3.8, 4) is 0 Å². The van der Waals surface area contributed by atoms with Crippen LogP contribution in [0.1, 0.15) is 0 Å². The van der Waals surface area contributed by atoms with Gasteiger partial charge in [0.05, 0.1) is 0 Å². The van der Waals surface area contributed by atoms with Crippen molar-refractivity contribution in [3.05, 3.63) is 0 Å². The van der Waals surface area contributed by atoms with Gasteiger partial charge in [-0.25, -0.2) is 0 Å². The van der Waals surface area contributed by atoms with Crippen molar-refractivity contribution in [1.29, 1.82) is 0 Å². The van der Waals surface area contributed by atoms with Crippen LogP contribution < -0.4 is 169 Å². The minimum atomic E-state index is -5.39. The van der Waals surface area contributed by atoms with Crippen molar-refractivity contribution in [1.82, 2.24) is 0 Å². The Morgan fingerprint density at radius 1 is 0.444 bits per heavy atom. The molecule has 0 spiro atoms. The molecule has 18 heavy (non-hydrogen) atoms. The smallest absolute Gasteiger partial charge is 0.822 e. The molecule has 0 fully saturated rings. The predicted molar refractivity (Wildman–Crippen MR) is 43.7 cm³/mol. The van der Waals surface area contributed by atoms with E-state index in [-0.39, 0.29) is 209 Å². The summed E-state index contributed by atoms with van der Waals surface area (Å²) >= 11 is 0. The van der Waals surface area contributed by atoms with Crippen molar-refractivity contribution in [2.24, 2.45) is 0 Å². The van der Waals surface area contributed by atoms with Crippen LogP contribution in [0.15, 0.2) is 0 Å². The molecular formula is H20K3O14P. The number of phosphoric acid groups is 1. The Morgan fingerprint density at radius 3 is 0.444 bits per heavy atom. The van der Waals surface area contributed by atoms with Crippen molar-refractivity contribution in [3.63, 3.8) is 0 Å². The van der Waals surface area contributed by atoms with Crippen LogP contribution in [0.3, 0.4) is 0 Å². The topological polar surface area (TPSA) is 401 Å². The molecule has 0 radical (unpaired) electrons. The zero-order valence-electron chi connectivity index (χ0n) is 10.1. The van der Waals surface area contributed by atoms with Crippen LogP contribution in [0.4, 0.5) is 0 Å². The molecule has 0 aromatic rings. The van der Waals surface area contributed by atoms with Crippen LogP contribution in [-0.4, -0.2) is 54.8 Å². The monoisotopic (exact) mass is 392 g/mol. The summed E-state index contributed by atoms with van der Waals surface area (Å²) in [5.74, 6) is 0. The normalized spacial score (nSPS) is 3.28. The van der Waals surface area contributed by atoms with Gasteiger partial charge in [0.25, 0.3) is 0 Å². The first-order valence-electron chi connectivity index (χ1n) is 0.730. The van der Waals surface area contributed by atoms with E-state index in [1.54, 1.807) is 0 Å². The van der Waals surface area contributed by atoms with E-state index in [0.29, 0.717) is 0 Å². The quantitative estimate of drug-likeness (QED) is 0.286. The van der Waals surface area contributed by atoms with Gasteiger partial charge < -0.3 is 74.0 Å². The van der Waals surface area contributed by atoms with Gasteiger partial charge in [0, 0.05) is 0 Å². The van der Waals surface area contributed by atoms with Crippen LogP contribution in [0, 0.1) is 0 Å². The van der Waals surface area contributed by atoms with Gasteiger partial charge in [0.1, 0.15) is 0 Å². The summed E-state index contributed by atoms with van der Waals surface area (Å²) in [5.41, 5.74) is 0. The third kappa shape index (κ3) is 372. The zero-order chi connectivity index (χ0) is 4.50. The summed E-state index contributed by atoms with van der Waals surface area (Å²) in [7, 11) is -5.39. The van der Waals surface area contributed by atoms with Crippen LogP contribution in [0.2, 0.25) is 0 Å². The number of hydrogen-bond acceptors (Lipinski definition) is 4. The maximum absolute atomic E-state index is 8.55. The molecular weight excluding hydrogens is 372 g/mol. The van der Waals surface area contributed by atoms with Gasteiger partial charge in [-0.05, 0) is 0 Å². The van der Waals surface area contributed by atoms with Gasteiger partial charge in [0.15, 0.2) is 0 Å². The van der Waals surface area contributed by atoms with Gasteiger partial charge in [0.2, 0.25) is 0 Å². The Bertz CT molecular complexity index is 63.2. The minimum Gasteiger partial charge on any atom is -0.822 e. The second-order valence-corrected chi connectivity index (χ2v) is 1.34. The Kier molecular flexibility index (Phi) is 644.